The smallest absolute Gasteiger partial charge is 0.335 e. The molecule has 17 heavy (non-hydrogen) atoms. The summed E-state index contributed by atoms with van der Waals surface area (Å²) in [7, 11) is -3.83. The van der Waals surface area contributed by atoms with Gasteiger partial charge in [-0.25, -0.2) is 13.6 Å². The minimum Gasteiger partial charge on any atom is -0.478 e. The summed E-state index contributed by atoms with van der Waals surface area (Å²) in [5, 5.41) is 8.52. The number of carbonyl (C=O) groups is 1. The minimum absolute atomic E-state index is 0.567. The van der Waals surface area contributed by atoms with E-state index in [-0.39, 0.29) is 0 Å². The van der Waals surface area contributed by atoms with Crippen LogP contribution in [0.4, 0.5) is 8.78 Å². The fourth-order valence-corrected chi connectivity index (χ4v) is 1.36. The highest BCUT2D eigenvalue weighted by molar-refractivity contribution is 7.85. The second-order valence-electron chi connectivity index (χ2n) is 3.19. The lowest BCUT2D eigenvalue weighted by molar-refractivity contribution is 0.0695. The summed E-state index contributed by atoms with van der Waals surface area (Å²) in [5.74, 6) is -3.84. The molecule has 0 aliphatic rings. The molecule has 0 amide bonds. The Bertz CT molecular complexity index is 529. The zero-order valence-electron chi connectivity index (χ0n) is 8.61. The Labute approximate surface area is 95.8 Å². The second-order valence-corrected chi connectivity index (χ2v) is 4.83. The fraction of sp³-hybridized carbons (Fsp3) is 0.222. The number of halogens is 2. The van der Waals surface area contributed by atoms with Crippen molar-refractivity contribution in [3.63, 3.8) is 0 Å². The van der Waals surface area contributed by atoms with E-state index in [4.69, 9.17) is 5.11 Å². The highest BCUT2D eigenvalue weighted by atomic mass is 32.2. The Morgan fingerprint density at radius 2 is 1.82 bits per heavy atom. The largest absolute Gasteiger partial charge is 0.478 e. The van der Waals surface area contributed by atoms with E-state index in [9.17, 15) is 22.0 Å². The molecule has 0 heterocycles. The zero-order chi connectivity index (χ0) is 13.2. The Balaban J connectivity index is 3.06. The van der Waals surface area contributed by atoms with Crippen LogP contribution in [-0.2, 0) is 20.9 Å². The summed E-state index contributed by atoms with van der Waals surface area (Å²) in [6, 6.07) is 1.18. The van der Waals surface area contributed by atoms with Crippen molar-refractivity contribution in [1.29, 1.82) is 0 Å². The van der Waals surface area contributed by atoms with E-state index < -0.39 is 45.5 Å². The number of aromatic carboxylic acids is 1. The van der Waals surface area contributed by atoms with E-state index in [1.54, 1.807) is 0 Å². The zero-order valence-corrected chi connectivity index (χ0v) is 9.42. The van der Waals surface area contributed by atoms with Crippen LogP contribution in [0.2, 0.25) is 0 Å². The first-order chi connectivity index (χ1) is 7.70. The van der Waals surface area contributed by atoms with Gasteiger partial charge in [-0.05, 0) is 12.1 Å². The summed E-state index contributed by atoms with van der Waals surface area (Å²) in [6.07, 6.45) is 0.731. The first-order valence-electron chi connectivity index (χ1n) is 4.26. The van der Waals surface area contributed by atoms with Gasteiger partial charge in [0.2, 0.25) is 0 Å². The maximum absolute atomic E-state index is 13.3. The summed E-state index contributed by atoms with van der Waals surface area (Å²) in [5.41, 5.74) is -1.21. The molecule has 94 valence electrons. The third-order valence-corrected chi connectivity index (χ3v) is 2.35. The standard InChI is InChI=1S/C9H8F2O5S/c1-17(14,15)16-4-6-7(10)2-5(9(12)13)3-8(6)11/h2-3H,4H2,1H3,(H,12,13). The molecule has 0 saturated carbocycles. The highest BCUT2D eigenvalue weighted by Crippen LogP contribution is 2.17. The molecule has 1 N–H and O–H groups in total. The van der Waals surface area contributed by atoms with Crippen molar-refractivity contribution in [2.45, 2.75) is 6.61 Å². The molecule has 0 atom stereocenters. The van der Waals surface area contributed by atoms with Crippen molar-refractivity contribution < 1.29 is 31.3 Å². The van der Waals surface area contributed by atoms with Gasteiger partial charge < -0.3 is 5.11 Å². The van der Waals surface area contributed by atoms with Gasteiger partial charge in [0.1, 0.15) is 11.6 Å². The SMILES string of the molecule is CS(=O)(=O)OCc1c(F)cc(C(=O)O)cc1F. The van der Waals surface area contributed by atoms with Crippen molar-refractivity contribution in [2.75, 3.05) is 6.26 Å². The molecule has 0 aliphatic heterocycles. The van der Waals surface area contributed by atoms with Gasteiger partial charge in [-0.15, -0.1) is 0 Å². The normalized spacial score (nSPS) is 11.5. The number of benzene rings is 1. The van der Waals surface area contributed by atoms with Crippen LogP contribution in [0.3, 0.4) is 0 Å². The van der Waals surface area contributed by atoms with Gasteiger partial charge in [-0.2, -0.15) is 8.42 Å². The molecule has 0 radical (unpaired) electrons. The molecule has 0 unspecified atom stereocenters. The van der Waals surface area contributed by atoms with Crippen molar-refractivity contribution in [3.8, 4) is 0 Å². The predicted molar refractivity (Wildman–Crippen MR) is 53.0 cm³/mol. The molecule has 1 aromatic rings. The Kier molecular flexibility index (Phi) is 3.79. The van der Waals surface area contributed by atoms with E-state index in [0.717, 1.165) is 6.26 Å². The van der Waals surface area contributed by atoms with Crippen molar-refractivity contribution in [3.05, 3.63) is 34.9 Å². The predicted octanol–water partition coefficient (Wildman–Crippen LogP) is 1.14. The van der Waals surface area contributed by atoms with Crippen LogP contribution in [0, 0.1) is 11.6 Å². The van der Waals surface area contributed by atoms with Crippen LogP contribution in [0.1, 0.15) is 15.9 Å². The lowest BCUT2D eigenvalue weighted by atomic mass is 10.1. The molecule has 8 heteroatoms. The van der Waals surface area contributed by atoms with E-state index in [2.05, 4.69) is 4.18 Å². The number of rotatable bonds is 4. The summed E-state index contributed by atoms with van der Waals surface area (Å²) < 4.78 is 52.0. The third-order valence-electron chi connectivity index (χ3n) is 1.81. The van der Waals surface area contributed by atoms with E-state index in [1.807, 2.05) is 0 Å². The maximum Gasteiger partial charge on any atom is 0.335 e. The molecule has 1 aromatic carbocycles. The van der Waals surface area contributed by atoms with Crippen molar-refractivity contribution >= 4 is 16.1 Å². The van der Waals surface area contributed by atoms with Gasteiger partial charge in [0, 0.05) is 0 Å². The molecule has 0 aliphatic carbocycles. The highest BCUT2D eigenvalue weighted by Gasteiger charge is 2.16. The molecular formula is C9H8F2O5S. The third kappa shape index (κ3) is 3.75. The number of hydrogen-bond donors (Lipinski definition) is 1. The van der Waals surface area contributed by atoms with Crippen LogP contribution < -0.4 is 0 Å². The van der Waals surface area contributed by atoms with Crippen LogP contribution in [0.15, 0.2) is 12.1 Å². The number of carboxylic acid groups (broad SMARTS) is 1. The Morgan fingerprint density at radius 1 is 1.35 bits per heavy atom. The van der Waals surface area contributed by atoms with Gasteiger partial charge in [-0.1, -0.05) is 0 Å². The van der Waals surface area contributed by atoms with Gasteiger partial charge in [0.05, 0.1) is 24.0 Å². The molecule has 0 fully saturated rings. The average molecular weight is 266 g/mol. The fourth-order valence-electron chi connectivity index (χ4n) is 1.03. The Morgan fingerprint density at radius 3 is 2.18 bits per heavy atom. The van der Waals surface area contributed by atoms with Crippen LogP contribution in [-0.4, -0.2) is 25.7 Å². The van der Waals surface area contributed by atoms with E-state index in [1.165, 1.54) is 0 Å². The summed E-state index contributed by atoms with van der Waals surface area (Å²) >= 11 is 0. The van der Waals surface area contributed by atoms with Crippen LogP contribution in [0.25, 0.3) is 0 Å². The Hall–Kier alpha value is -1.54. The van der Waals surface area contributed by atoms with E-state index >= 15 is 0 Å². The number of carboxylic acids is 1. The molecule has 0 bridgehead atoms. The first kappa shape index (κ1) is 13.5. The van der Waals surface area contributed by atoms with Crippen molar-refractivity contribution in [1.82, 2.24) is 0 Å². The molecule has 0 spiro atoms. The van der Waals surface area contributed by atoms with Crippen molar-refractivity contribution in [2.24, 2.45) is 0 Å². The van der Waals surface area contributed by atoms with Gasteiger partial charge >= 0.3 is 5.97 Å². The lowest BCUT2D eigenvalue weighted by Gasteiger charge is -2.06. The maximum atomic E-state index is 13.3. The van der Waals surface area contributed by atoms with E-state index in [0.29, 0.717) is 12.1 Å². The average Bonchev–Trinajstić information content (AvgIpc) is 2.14. The molecular weight excluding hydrogens is 258 g/mol. The number of hydrogen-bond acceptors (Lipinski definition) is 4. The van der Waals surface area contributed by atoms with Crippen LogP contribution in [0.5, 0.6) is 0 Å². The molecule has 0 aromatic heterocycles. The van der Waals surface area contributed by atoms with Gasteiger partial charge in [0.15, 0.2) is 0 Å². The monoisotopic (exact) mass is 266 g/mol. The second kappa shape index (κ2) is 4.76. The first-order valence-corrected chi connectivity index (χ1v) is 6.08. The lowest BCUT2D eigenvalue weighted by Crippen LogP contribution is -2.08. The topological polar surface area (TPSA) is 80.7 Å². The summed E-state index contributed by atoms with van der Waals surface area (Å²) in [4.78, 5) is 10.5. The van der Waals surface area contributed by atoms with Crippen LogP contribution >= 0.6 is 0 Å². The van der Waals surface area contributed by atoms with Gasteiger partial charge in [0.25, 0.3) is 10.1 Å². The quantitative estimate of drug-likeness (QED) is 0.826. The minimum atomic E-state index is -3.83. The molecule has 1 rings (SSSR count). The molecule has 5 nitrogen and oxygen atoms in total. The molecule has 0 saturated heterocycles. The van der Waals surface area contributed by atoms with Gasteiger partial charge in [-0.3, -0.25) is 4.18 Å². The summed E-state index contributed by atoms with van der Waals surface area (Å²) in [6.45, 7) is -0.823.